The third-order valence-electron chi connectivity index (χ3n) is 2.85. The minimum Gasteiger partial charge on any atom is -0.349 e. The van der Waals surface area contributed by atoms with Crippen LogP contribution in [0.5, 0.6) is 0 Å². The predicted octanol–water partition coefficient (Wildman–Crippen LogP) is 1.62. The van der Waals surface area contributed by atoms with Crippen molar-refractivity contribution in [3.8, 4) is 0 Å². The van der Waals surface area contributed by atoms with Crippen LogP contribution in [0.25, 0.3) is 0 Å². The Morgan fingerprint density at radius 2 is 1.82 bits per heavy atom. The zero-order valence-corrected chi connectivity index (χ0v) is 11.1. The van der Waals surface area contributed by atoms with Crippen molar-refractivity contribution in [1.29, 1.82) is 0 Å². The number of benzene rings is 1. The first-order chi connectivity index (χ1) is 8.15. The molecular formula is C12H15NO2S2. The van der Waals surface area contributed by atoms with Gasteiger partial charge in [0, 0.05) is 38.8 Å². The summed E-state index contributed by atoms with van der Waals surface area (Å²) in [5, 5.41) is 2.98. The van der Waals surface area contributed by atoms with Crippen LogP contribution in [0.15, 0.2) is 29.2 Å². The highest BCUT2D eigenvalue weighted by Gasteiger charge is 2.19. The maximum atomic E-state index is 11.9. The number of hydrogen-bond donors (Lipinski definition) is 2. The molecule has 2 rings (SSSR count). The van der Waals surface area contributed by atoms with Gasteiger partial charge in [-0.1, -0.05) is 0 Å². The molecule has 1 aliphatic heterocycles. The number of carbonyl (C=O) groups excluding carboxylic acids is 1. The molecule has 17 heavy (non-hydrogen) atoms. The molecule has 0 aliphatic carbocycles. The molecule has 0 saturated carbocycles. The van der Waals surface area contributed by atoms with Crippen LogP contribution >= 0.6 is 12.6 Å². The third-order valence-corrected chi connectivity index (χ3v) is 4.53. The average molecular weight is 269 g/mol. The Morgan fingerprint density at radius 1 is 1.24 bits per heavy atom. The smallest absolute Gasteiger partial charge is 0.251 e. The fraction of sp³-hybridized carbons (Fsp3) is 0.417. The molecule has 3 nitrogen and oxygen atoms in total. The highest BCUT2D eigenvalue weighted by Crippen LogP contribution is 2.11. The second-order valence-electron chi connectivity index (χ2n) is 4.14. The topological polar surface area (TPSA) is 46.2 Å². The van der Waals surface area contributed by atoms with Gasteiger partial charge < -0.3 is 5.32 Å². The lowest BCUT2D eigenvalue weighted by molar-refractivity contribution is 0.0934. The number of carbonyl (C=O) groups is 1. The van der Waals surface area contributed by atoms with Gasteiger partial charge in [0.1, 0.15) is 0 Å². The van der Waals surface area contributed by atoms with E-state index in [2.05, 4.69) is 17.9 Å². The fourth-order valence-corrected chi connectivity index (χ4v) is 3.27. The molecule has 1 aliphatic rings. The zero-order valence-electron chi connectivity index (χ0n) is 9.39. The largest absolute Gasteiger partial charge is 0.349 e. The van der Waals surface area contributed by atoms with E-state index in [9.17, 15) is 9.00 Å². The van der Waals surface area contributed by atoms with Gasteiger partial charge in [-0.05, 0) is 37.1 Å². The molecule has 0 bridgehead atoms. The molecule has 0 unspecified atom stereocenters. The van der Waals surface area contributed by atoms with Gasteiger partial charge in [0.15, 0.2) is 0 Å². The van der Waals surface area contributed by atoms with Crippen molar-refractivity contribution < 1.29 is 9.00 Å². The third kappa shape index (κ3) is 3.57. The van der Waals surface area contributed by atoms with E-state index in [0.717, 1.165) is 17.7 Å². The maximum absolute atomic E-state index is 11.9. The predicted molar refractivity (Wildman–Crippen MR) is 72.1 cm³/mol. The quantitative estimate of drug-likeness (QED) is 0.801. The summed E-state index contributed by atoms with van der Waals surface area (Å²) < 4.78 is 11.2. The molecule has 1 heterocycles. The first-order valence-electron chi connectivity index (χ1n) is 5.60. The van der Waals surface area contributed by atoms with Crippen LogP contribution in [0, 0.1) is 0 Å². The van der Waals surface area contributed by atoms with E-state index in [1.54, 1.807) is 24.3 Å². The Balaban J connectivity index is 1.93. The van der Waals surface area contributed by atoms with Crippen molar-refractivity contribution >= 4 is 29.3 Å². The molecule has 1 fully saturated rings. The molecule has 0 radical (unpaired) electrons. The molecule has 1 aromatic carbocycles. The summed E-state index contributed by atoms with van der Waals surface area (Å²) in [6.45, 7) is 0. The van der Waals surface area contributed by atoms with Gasteiger partial charge >= 0.3 is 0 Å². The first-order valence-corrected chi connectivity index (χ1v) is 7.53. The second-order valence-corrected chi connectivity index (χ2v) is 6.36. The first kappa shape index (κ1) is 12.6. The van der Waals surface area contributed by atoms with Crippen LogP contribution < -0.4 is 5.32 Å². The normalized spacial score (nSPS) is 24.3. The van der Waals surface area contributed by atoms with Crippen LogP contribution in [0.1, 0.15) is 23.2 Å². The van der Waals surface area contributed by atoms with Crippen molar-refractivity contribution in [1.82, 2.24) is 5.32 Å². The van der Waals surface area contributed by atoms with Gasteiger partial charge in [0.2, 0.25) is 0 Å². The molecule has 0 atom stereocenters. The van der Waals surface area contributed by atoms with Gasteiger partial charge in [0.25, 0.3) is 5.91 Å². The van der Waals surface area contributed by atoms with Gasteiger partial charge in [-0.25, -0.2) is 0 Å². The molecule has 1 saturated heterocycles. The average Bonchev–Trinajstić information content (AvgIpc) is 2.33. The minimum atomic E-state index is -0.685. The Bertz CT molecular complexity index is 421. The van der Waals surface area contributed by atoms with Gasteiger partial charge in [-0.3, -0.25) is 9.00 Å². The lowest BCUT2D eigenvalue weighted by Gasteiger charge is -2.22. The van der Waals surface area contributed by atoms with Crippen molar-refractivity contribution in [3.63, 3.8) is 0 Å². The Hall–Kier alpha value is -0.810. The standard InChI is InChI=1S/C12H15NO2S2/c14-12(9-1-3-11(16)4-2-9)13-10-5-7-17(15)8-6-10/h1-4,10,16H,5-8H2,(H,13,14). The molecule has 92 valence electrons. The molecular weight excluding hydrogens is 254 g/mol. The molecule has 1 aromatic rings. The van der Waals surface area contributed by atoms with E-state index in [4.69, 9.17) is 0 Å². The summed E-state index contributed by atoms with van der Waals surface area (Å²) in [5.74, 6) is 1.33. The van der Waals surface area contributed by atoms with Crippen molar-refractivity contribution in [2.45, 2.75) is 23.8 Å². The summed E-state index contributed by atoms with van der Waals surface area (Å²) in [5.41, 5.74) is 0.648. The number of nitrogens with one attached hydrogen (secondary N) is 1. The number of rotatable bonds is 2. The van der Waals surface area contributed by atoms with Gasteiger partial charge in [-0.2, -0.15) is 0 Å². The molecule has 1 amide bonds. The van der Waals surface area contributed by atoms with Crippen LogP contribution in [0.4, 0.5) is 0 Å². The van der Waals surface area contributed by atoms with E-state index < -0.39 is 10.8 Å². The van der Waals surface area contributed by atoms with E-state index in [0.29, 0.717) is 17.1 Å². The Kier molecular flexibility index (Phi) is 4.23. The van der Waals surface area contributed by atoms with E-state index >= 15 is 0 Å². The van der Waals surface area contributed by atoms with Crippen molar-refractivity contribution in [2.24, 2.45) is 0 Å². The summed E-state index contributed by atoms with van der Waals surface area (Å²) >= 11 is 4.18. The van der Waals surface area contributed by atoms with E-state index in [1.807, 2.05) is 0 Å². The SMILES string of the molecule is O=C(NC1CCS(=O)CC1)c1ccc(S)cc1. The zero-order chi connectivity index (χ0) is 12.3. The number of thiol groups is 1. The maximum Gasteiger partial charge on any atom is 0.251 e. The van der Waals surface area contributed by atoms with Crippen molar-refractivity contribution in [2.75, 3.05) is 11.5 Å². The number of hydrogen-bond acceptors (Lipinski definition) is 3. The van der Waals surface area contributed by atoms with E-state index in [1.165, 1.54) is 0 Å². The van der Waals surface area contributed by atoms with Gasteiger partial charge in [0.05, 0.1) is 0 Å². The summed E-state index contributed by atoms with van der Waals surface area (Å²) in [7, 11) is -0.685. The lowest BCUT2D eigenvalue weighted by atomic mass is 10.1. The van der Waals surface area contributed by atoms with Gasteiger partial charge in [-0.15, -0.1) is 12.6 Å². The summed E-state index contributed by atoms with van der Waals surface area (Å²) in [4.78, 5) is 12.7. The molecule has 0 spiro atoms. The Labute approximate surface area is 109 Å². The summed E-state index contributed by atoms with van der Waals surface area (Å²) in [6, 6.07) is 7.29. The highest BCUT2D eigenvalue weighted by atomic mass is 32.2. The lowest BCUT2D eigenvalue weighted by Crippen LogP contribution is -2.39. The van der Waals surface area contributed by atoms with E-state index in [-0.39, 0.29) is 11.9 Å². The van der Waals surface area contributed by atoms with Crippen LogP contribution in [-0.4, -0.2) is 27.7 Å². The van der Waals surface area contributed by atoms with Crippen LogP contribution in [0.2, 0.25) is 0 Å². The van der Waals surface area contributed by atoms with Crippen molar-refractivity contribution in [3.05, 3.63) is 29.8 Å². The highest BCUT2D eigenvalue weighted by molar-refractivity contribution is 7.85. The van der Waals surface area contributed by atoms with Crippen LogP contribution in [-0.2, 0) is 10.8 Å². The minimum absolute atomic E-state index is 0.0592. The molecule has 5 heteroatoms. The fourth-order valence-electron chi connectivity index (χ4n) is 1.82. The monoisotopic (exact) mass is 269 g/mol. The molecule has 0 aromatic heterocycles. The summed E-state index contributed by atoms with van der Waals surface area (Å²) in [6.07, 6.45) is 1.62. The number of amides is 1. The second kappa shape index (κ2) is 5.69. The molecule has 1 N–H and O–H groups in total. The Morgan fingerprint density at radius 3 is 2.41 bits per heavy atom. The van der Waals surface area contributed by atoms with Crippen LogP contribution in [0.3, 0.4) is 0 Å².